The minimum atomic E-state index is -1.44. The van der Waals surface area contributed by atoms with Gasteiger partial charge in [0.05, 0.1) is 32.0 Å². The number of amides is 1. The molecule has 2 aliphatic heterocycles. The molecule has 2 aromatic heterocycles. The number of carbonyl (C=O) groups is 5. The van der Waals surface area contributed by atoms with Gasteiger partial charge in [-0.25, -0.2) is 24.4 Å². The molecular weight excluding hydrogens is 1270 g/mol. The van der Waals surface area contributed by atoms with E-state index in [2.05, 4.69) is 46.4 Å². The number of carboxylic acids is 1. The average Bonchev–Trinajstić information content (AvgIpc) is 1.36. The number of carboxylic acid groups (broad SMARTS) is 1. The molecule has 6 atom stereocenters. The summed E-state index contributed by atoms with van der Waals surface area (Å²) < 4.78 is 36.1. The van der Waals surface area contributed by atoms with Crippen LogP contribution in [0.3, 0.4) is 0 Å². The van der Waals surface area contributed by atoms with Crippen LogP contribution < -0.4 is 20.4 Å². The molecule has 482 valence electrons. The zero-order valence-electron chi connectivity index (χ0n) is 51.3. The van der Waals surface area contributed by atoms with Gasteiger partial charge in [0, 0.05) is 35.2 Å². The van der Waals surface area contributed by atoms with Crippen LogP contribution in [-0.2, 0) is 65.9 Å². The van der Waals surface area contributed by atoms with Crippen molar-refractivity contribution in [3.63, 3.8) is 0 Å². The number of nitrogen functional groups attached to an aromatic ring is 1. The predicted molar refractivity (Wildman–Crippen MR) is 344 cm³/mol. The Kier molecular flexibility index (Phi) is 23.7. The monoisotopic (exact) mass is 1340 g/mol. The van der Waals surface area contributed by atoms with Crippen molar-refractivity contribution >= 4 is 128 Å². The van der Waals surface area contributed by atoms with Crippen molar-refractivity contribution in [2.45, 2.75) is 155 Å². The number of aromatic nitrogens is 2. The van der Waals surface area contributed by atoms with Gasteiger partial charge in [-0.1, -0.05) is 54.5 Å². The number of esters is 1. The molecule has 23 nitrogen and oxygen atoms in total. The zero-order chi connectivity index (χ0) is 66.2. The summed E-state index contributed by atoms with van der Waals surface area (Å²) in [5.41, 5.74) is 6.21. The number of benzene rings is 3. The van der Waals surface area contributed by atoms with Crippen molar-refractivity contribution in [2.24, 2.45) is 27.6 Å². The Labute approximate surface area is 545 Å². The first kappa shape index (κ1) is 71.1. The van der Waals surface area contributed by atoms with Gasteiger partial charge in [-0.3, -0.25) is 14.9 Å². The number of hydrogen-bond acceptors (Lipinski definition) is 23. The van der Waals surface area contributed by atoms with Crippen LogP contribution in [0.25, 0.3) is 0 Å². The van der Waals surface area contributed by atoms with Gasteiger partial charge in [-0.2, -0.15) is 34.4 Å². The number of ether oxygens (including phenoxy) is 3. The Morgan fingerprint density at radius 3 is 2.10 bits per heavy atom. The van der Waals surface area contributed by atoms with Gasteiger partial charge in [0.25, 0.3) is 0 Å². The number of ketones is 2. The van der Waals surface area contributed by atoms with E-state index < -0.39 is 77.2 Å². The quantitative estimate of drug-likeness (QED) is 0.0125. The molecule has 4 heterocycles. The van der Waals surface area contributed by atoms with E-state index in [0.717, 1.165) is 41.1 Å². The Hall–Kier alpha value is -6.33. The third kappa shape index (κ3) is 17.8. The molecule has 4 fully saturated rings. The molecule has 0 spiro atoms. The van der Waals surface area contributed by atoms with Crippen LogP contribution in [0, 0.1) is 17.3 Å². The highest BCUT2D eigenvalue weighted by molar-refractivity contribution is 7.54. The molecule has 31 heteroatoms. The molecule has 3 saturated carbocycles. The first-order valence-corrected chi connectivity index (χ1v) is 31.7. The van der Waals surface area contributed by atoms with E-state index in [1.165, 1.54) is 18.6 Å². The first-order chi connectivity index (χ1) is 42.3. The highest BCUT2D eigenvalue weighted by atomic mass is 35.6. The fraction of sp³-hybridized carbons (Fsp3) is 0.475. The lowest BCUT2D eigenvalue weighted by Crippen LogP contribution is -2.65. The fourth-order valence-electron chi connectivity index (χ4n) is 11.6. The van der Waals surface area contributed by atoms with Gasteiger partial charge in [0.1, 0.15) is 51.8 Å². The minimum Gasteiger partial charge on any atom is -0.535 e. The summed E-state index contributed by atoms with van der Waals surface area (Å²) in [4.78, 5) is 78.3. The molecule has 0 radical (unpaired) electrons. The SMILES string of the molecule is COc1c(C[C@H](CC(=O)/C(=N\OCc2ccccc2)c2csc(NC(=O)OC(C)(C)C)n2)B2OC3C[C@@H]4C[C@@H](C4(C)C)[C@]3(C)O2)cc(CO)cc1C(=O)OC(C)(C)C.ClB(Cl)Cl.Nc1nc(/C(=N/O)C(=O)C[C@H]2Cc3cc(CO)cc(C(=O)O)c3OB2O)cs1. The number of nitrogens with two attached hydrogens (primary N) is 1. The van der Waals surface area contributed by atoms with E-state index >= 15 is 0 Å². The van der Waals surface area contributed by atoms with E-state index in [4.69, 9.17) is 73.1 Å². The largest absolute Gasteiger partial charge is 0.535 e. The molecule has 90 heavy (non-hydrogen) atoms. The lowest BCUT2D eigenvalue weighted by molar-refractivity contribution is -0.199. The lowest BCUT2D eigenvalue weighted by Gasteiger charge is -2.64. The van der Waals surface area contributed by atoms with Crippen molar-refractivity contribution in [3.05, 3.63) is 116 Å². The van der Waals surface area contributed by atoms with Crippen molar-refractivity contribution in [1.29, 1.82) is 0 Å². The third-order valence-corrected chi connectivity index (χ3v) is 17.1. The van der Waals surface area contributed by atoms with Crippen LogP contribution in [0.2, 0.25) is 11.6 Å². The van der Waals surface area contributed by atoms with Gasteiger partial charge in [-0.15, -0.1) is 22.7 Å². The number of oxime groups is 2. The van der Waals surface area contributed by atoms with Crippen molar-refractivity contribution in [2.75, 3.05) is 18.2 Å². The molecule has 3 aliphatic carbocycles. The minimum absolute atomic E-state index is 0.00391. The van der Waals surface area contributed by atoms with Gasteiger partial charge in [0.2, 0.25) is 0 Å². The Morgan fingerprint density at radius 1 is 0.878 bits per heavy atom. The van der Waals surface area contributed by atoms with E-state index in [9.17, 15) is 49.5 Å². The molecule has 2 bridgehead atoms. The maximum Gasteiger partial charge on any atom is 0.526 e. The molecule has 5 aliphatic rings. The summed E-state index contributed by atoms with van der Waals surface area (Å²) in [7, 11) is -0.776. The lowest BCUT2D eigenvalue weighted by atomic mass is 9.43. The molecule has 3 aromatic carbocycles. The number of nitrogens with zero attached hydrogens (tertiary/aromatic N) is 4. The summed E-state index contributed by atoms with van der Waals surface area (Å²) in [5.74, 6) is -3.15. The van der Waals surface area contributed by atoms with E-state index in [1.54, 1.807) is 65.1 Å². The number of halogens is 3. The average molecular weight is 1340 g/mol. The van der Waals surface area contributed by atoms with E-state index in [0.29, 0.717) is 28.2 Å². The van der Waals surface area contributed by atoms with Gasteiger partial charge >= 0.3 is 37.2 Å². The summed E-state index contributed by atoms with van der Waals surface area (Å²) in [5, 5.41) is 62.0. The number of hydrogen-bond donors (Lipinski definition) is 7. The second kappa shape index (κ2) is 30.0. The first-order valence-electron chi connectivity index (χ1n) is 28.6. The van der Waals surface area contributed by atoms with E-state index in [1.807, 2.05) is 30.3 Å². The summed E-state index contributed by atoms with van der Waals surface area (Å²) in [6.07, 6.45) is 0.980. The number of methoxy groups -OCH3 is 1. The Morgan fingerprint density at radius 2 is 1.51 bits per heavy atom. The predicted octanol–water partition coefficient (Wildman–Crippen LogP) is 10.4. The Balaban J connectivity index is 0.000000299. The molecular formula is C59H72B3Cl3N6O17S2. The highest BCUT2D eigenvalue weighted by Crippen LogP contribution is 2.66. The second-order valence-corrected chi connectivity index (χ2v) is 28.5. The third-order valence-electron chi connectivity index (χ3n) is 15.7. The maximum atomic E-state index is 14.7. The van der Waals surface area contributed by atoms with Crippen LogP contribution in [0.4, 0.5) is 15.1 Å². The number of anilines is 2. The molecule has 10 rings (SSSR count). The maximum absolute atomic E-state index is 14.7. The summed E-state index contributed by atoms with van der Waals surface area (Å²) >= 11 is 16.6. The smallest absolute Gasteiger partial charge is 0.526 e. The standard InChI is InChI=1S/C43H56BN3O10S.C16H16BN3O7S.BCl3/c1-40(2,3)54-37(50)30-17-26(22-48)16-27(36(30)52-10)18-29(44-56-34-20-28-19-33(42(28,7)8)43(34,9)57-44)21-32(49)35(47-53-23-25-14-12-11-13-15-25)31-24-58-38(45-31)46-39(51)55-41(4,5)6;18-16-19-11(6-28-16)13(20-26)12(22)4-9-3-8-1-7(5-21)2-10(15(23)24)14(8)27-17(9)25;2-1(3)4/h11-17,24,28-29,33-34,48H,18-23H2,1-10H3,(H,45,46,51);1-2,6,9,21,25-26H,3-5H2,(H2,18,19)(H,23,24);/b47-35-;20-13-;/t28-,29+,33-,34?,43-;9-;/m01./s1. The number of nitrogens with one attached hydrogen (secondary N) is 1. The number of aromatic carboxylic acids is 1. The van der Waals surface area contributed by atoms with Gasteiger partial charge < -0.3 is 64.3 Å². The molecule has 1 amide bonds. The number of rotatable bonds is 20. The number of aliphatic hydroxyl groups excluding tert-OH is 2. The summed E-state index contributed by atoms with van der Waals surface area (Å²) in [6.45, 7) is 16.7. The van der Waals surface area contributed by atoms with Crippen molar-refractivity contribution in [3.8, 4) is 11.5 Å². The van der Waals surface area contributed by atoms with Crippen LogP contribution in [0.5, 0.6) is 11.5 Å². The molecule has 5 aromatic rings. The number of Topliss-reactive ketones (excluding diaryl/α,β-unsaturated/α-hetero) is 2. The van der Waals surface area contributed by atoms with Crippen LogP contribution in [0.1, 0.15) is 148 Å². The van der Waals surface area contributed by atoms with E-state index in [-0.39, 0.29) is 119 Å². The van der Waals surface area contributed by atoms with Gasteiger partial charge in [-0.05, 0) is 143 Å². The number of fused-ring (bicyclic) bond motifs is 1. The normalized spacial score (nSPS) is 20.2. The summed E-state index contributed by atoms with van der Waals surface area (Å²) in [6, 6.07) is 15.6. The van der Waals surface area contributed by atoms with Crippen LogP contribution >= 0.6 is 57.1 Å². The second-order valence-electron chi connectivity index (χ2n) is 24.7. The van der Waals surface area contributed by atoms with Gasteiger partial charge in [0.15, 0.2) is 33.3 Å². The van der Waals surface area contributed by atoms with Crippen molar-refractivity contribution in [1.82, 2.24) is 9.97 Å². The Bertz CT molecular complexity index is 3470. The fourth-order valence-corrected chi connectivity index (χ4v) is 12.8. The van der Waals surface area contributed by atoms with Crippen molar-refractivity contribution < 1.29 is 82.5 Å². The molecule has 1 unspecified atom stereocenters. The highest BCUT2D eigenvalue weighted by Gasteiger charge is 2.68. The van der Waals surface area contributed by atoms with Crippen LogP contribution in [0.15, 0.2) is 75.7 Å². The molecule has 1 saturated heterocycles. The number of carbonyl (C=O) groups excluding carboxylic acids is 4. The number of aliphatic hydroxyl groups is 2. The zero-order valence-corrected chi connectivity index (χ0v) is 55.2. The number of thiazole rings is 2. The van der Waals surface area contributed by atoms with Crippen LogP contribution in [-0.4, -0.2) is 126 Å². The molecule has 8 N–H and O–H groups in total. The topological polar surface area (TPSA) is 340 Å².